The van der Waals surface area contributed by atoms with Gasteiger partial charge in [-0.3, -0.25) is 4.79 Å². The van der Waals surface area contributed by atoms with E-state index in [9.17, 15) is 17.6 Å². The summed E-state index contributed by atoms with van der Waals surface area (Å²) in [5, 5.41) is 2.80. The number of nitrogens with zero attached hydrogens (tertiary/aromatic N) is 1. The van der Waals surface area contributed by atoms with Gasteiger partial charge in [0, 0.05) is 24.7 Å². The van der Waals surface area contributed by atoms with Crippen LogP contribution < -0.4 is 5.32 Å². The number of carbonyl (C=O) groups is 1. The zero-order valence-electron chi connectivity index (χ0n) is 17.0. The van der Waals surface area contributed by atoms with Gasteiger partial charge in [0.15, 0.2) is 0 Å². The number of hydrogen-bond acceptors (Lipinski definition) is 3. The maximum Gasteiger partial charge on any atom is 0.251 e. The zero-order valence-corrected chi connectivity index (χ0v) is 17.9. The van der Waals surface area contributed by atoms with E-state index in [4.69, 9.17) is 0 Å². The van der Waals surface area contributed by atoms with Gasteiger partial charge in [-0.2, -0.15) is 4.31 Å². The first-order valence-corrected chi connectivity index (χ1v) is 11.3. The number of piperidine rings is 1. The largest absolute Gasteiger partial charge is 0.348 e. The summed E-state index contributed by atoms with van der Waals surface area (Å²) in [5.74, 6) is -0.644. The highest BCUT2D eigenvalue weighted by atomic mass is 32.2. The third-order valence-corrected chi connectivity index (χ3v) is 7.49. The molecular formula is C22H27FN2O3S. The average Bonchev–Trinajstić information content (AvgIpc) is 2.69. The normalized spacial score (nSPS) is 17.9. The van der Waals surface area contributed by atoms with Gasteiger partial charge in [0.1, 0.15) is 5.82 Å². The van der Waals surface area contributed by atoms with Gasteiger partial charge >= 0.3 is 0 Å². The third kappa shape index (κ3) is 4.67. The van der Waals surface area contributed by atoms with Crippen molar-refractivity contribution in [1.82, 2.24) is 9.62 Å². The summed E-state index contributed by atoms with van der Waals surface area (Å²) in [5.41, 5.74) is 2.32. The van der Waals surface area contributed by atoms with E-state index in [-0.39, 0.29) is 29.2 Å². The molecule has 1 aliphatic rings. The van der Waals surface area contributed by atoms with Gasteiger partial charge in [0.25, 0.3) is 5.91 Å². The fourth-order valence-corrected chi connectivity index (χ4v) is 5.39. The Labute approximate surface area is 172 Å². The van der Waals surface area contributed by atoms with Crippen molar-refractivity contribution in [3.05, 3.63) is 64.5 Å². The Morgan fingerprint density at radius 2 is 1.90 bits per heavy atom. The van der Waals surface area contributed by atoms with Crippen molar-refractivity contribution in [3.8, 4) is 0 Å². The molecule has 1 heterocycles. The van der Waals surface area contributed by atoms with E-state index >= 15 is 0 Å². The molecule has 0 spiro atoms. The second-order valence-corrected chi connectivity index (χ2v) is 9.59. The molecule has 0 aliphatic carbocycles. The highest BCUT2D eigenvalue weighted by molar-refractivity contribution is 7.89. The quantitative estimate of drug-likeness (QED) is 0.800. The van der Waals surface area contributed by atoms with Crippen LogP contribution in [0.15, 0.2) is 41.3 Å². The summed E-state index contributed by atoms with van der Waals surface area (Å²) in [7, 11) is -3.65. The average molecular weight is 419 g/mol. The van der Waals surface area contributed by atoms with Gasteiger partial charge in [-0.1, -0.05) is 24.6 Å². The van der Waals surface area contributed by atoms with Gasteiger partial charge in [-0.15, -0.1) is 0 Å². The summed E-state index contributed by atoms with van der Waals surface area (Å²) < 4.78 is 41.1. The molecular weight excluding hydrogens is 391 g/mol. The van der Waals surface area contributed by atoms with Gasteiger partial charge in [-0.05, 0) is 68.5 Å². The van der Waals surface area contributed by atoms with E-state index in [1.807, 2.05) is 6.92 Å². The molecule has 0 bridgehead atoms. The maximum atomic E-state index is 13.4. The van der Waals surface area contributed by atoms with Crippen molar-refractivity contribution in [1.29, 1.82) is 0 Å². The summed E-state index contributed by atoms with van der Waals surface area (Å²) >= 11 is 0. The molecule has 1 N–H and O–H groups in total. The van der Waals surface area contributed by atoms with Crippen molar-refractivity contribution in [2.45, 2.75) is 57.5 Å². The first kappa shape index (κ1) is 21.5. The number of aryl methyl sites for hydroxylation is 2. The lowest BCUT2D eigenvalue weighted by molar-refractivity contribution is 0.0950. The van der Waals surface area contributed by atoms with Gasteiger partial charge in [0.2, 0.25) is 10.0 Å². The summed E-state index contributed by atoms with van der Waals surface area (Å²) in [6.07, 6.45) is 2.72. The highest BCUT2D eigenvalue weighted by Gasteiger charge is 2.31. The molecule has 1 fully saturated rings. The number of benzene rings is 2. The summed E-state index contributed by atoms with van der Waals surface area (Å²) in [4.78, 5) is 12.9. The second-order valence-electron chi connectivity index (χ2n) is 7.70. The Kier molecular flexibility index (Phi) is 6.39. The van der Waals surface area contributed by atoms with Gasteiger partial charge in [-0.25, -0.2) is 12.8 Å². The molecule has 2 aromatic carbocycles. The fraction of sp³-hybridized carbons (Fsp3) is 0.409. The van der Waals surface area contributed by atoms with E-state index in [0.717, 1.165) is 24.8 Å². The standard InChI is InChI=1S/C22H27FN2O3S/c1-15-7-9-19(29(27,28)25-11-5-4-6-17(25)3)13-20(15)22(26)24-14-18-8-10-21(23)16(2)12-18/h7-10,12-13,17H,4-6,11,14H2,1-3H3,(H,24,26)/t17-/m1/s1. The molecule has 1 aliphatic heterocycles. The first-order valence-electron chi connectivity index (χ1n) is 9.86. The smallest absolute Gasteiger partial charge is 0.251 e. The van der Waals surface area contributed by atoms with E-state index in [1.54, 1.807) is 38.1 Å². The predicted octanol–water partition coefficient (Wildman–Crippen LogP) is 3.94. The third-order valence-electron chi connectivity index (χ3n) is 5.48. The monoisotopic (exact) mass is 418 g/mol. The molecule has 0 saturated carbocycles. The lowest BCUT2D eigenvalue weighted by Gasteiger charge is -2.32. The molecule has 1 amide bonds. The van der Waals surface area contributed by atoms with Crippen molar-refractivity contribution in [2.24, 2.45) is 0 Å². The summed E-state index contributed by atoms with van der Waals surface area (Å²) in [6, 6.07) is 9.31. The van der Waals surface area contributed by atoms with E-state index in [0.29, 0.717) is 23.2 Å². The highest BCUT2D eigenvalue weighted by Crippen LogP contribution is 2.26. The number of rotatable bonds is 5. The number of carbonyl (C=O) groups excluding carboxylic acids is 1. The minimum absolute atomic E-state index is 0.0472. The lowest BCUT2D eigenvalue weighted by Crippen LogP contribution is -2.42. The fourth-order valence-electron chi connectivity index (χ4n) is 3.66. The van der Waals surface area contributed by atoms with Crippen LogP contribution in [0, 0.1) is 19.7 Å². The Balaban J connectivity index is 1.80. The van der Waals surface area contributed by atoms with Crippen LogP contribution in [-0.2, 0) is 16.6 Å². The molecule has 3 rings (SSSR count). The Morgan fingerprint density at radius 1 is 1.14 bits per heavy atom. The van der Waals surface area contributed by atoms with Crippen LogP contribution in [0.25, 0.3) is 0 Å². The zero-order chi connectivity index (χ0) is 21.2. The molecule has 156 valence electrons. The number of amides is 1. The minimum atomic E-state index is -3.65. The molecule has 7 heteroatoms. The Hall–Kier alpha value is -2.25. The van der Waals surface area contributed by atoms with Crippen molar-refractivity contribution >= 4 is 15.9 Å². The number of nitrogens with one attached hydrogen (secondary N) is 1. The molecule has 0 unspecified atom stereocenters. The van der Waals surface area contributed by atoms with Crippen LogP contribution in [0.4, 0.5) is 4.39 Å². The Bertz CT molecular complexity index is 1020. The van der Waals surface area contributed by atoms with E-state index in [2.05, 4.69) is 5.32 Å². The minimum Gasteiger partial charge on any atom is -0.348 e. The van der Waals surface area contributed by atoms with Crippen LogP contribution in [0.1, 0.15) is 53.2 Å². The molecule has 29 heavy (non-hydrogen) atoms. The van der Waals surface area contributed by atoms with E-state index in [1.165, 1.54) is 16.4 Å². The maximum absolute atomic E-state index is 13.4. The molecule has 0 aromatic heterocycles. The predicted molar refractivity (Wildman–Crippen MR) is 111 cm³/mol. The van der Waals surface area contributed by atoms with Crippen molar-refractivity contribution in [2.75, 3.05) is 6.54 Å². The number of hydrogen-bond donors (Lipinski definition) is 1. The number of halogens is 1. The molecule has 1 saturated heterocycles. The summed E-state index contributed by atoms with van der Waals surface area (Å²) in [6.45, 7) is 6.10. The van der Waals surface area contributed by atoms with Crippen LogP contribution in [0.2, 0.25) is 0 Å². The van der Waals surface area contributed by atoms with Crippen molar-refractivity contribution < 1.29 is 17.6 Å². The molecule has 5 nitrogen and oxygen atoms in total. The Morgan fingerprint density at radius 3 is 2.59 bits per heavy atom. The first-order chi connectivity index (χ1) is 13.7. The van der Waals surface area contributed by atoms with Crippen LogP contribution in [-0.4, -0.2) is 31.2 Å². The van der Waals surface area contributed by atoms with Crippen LogP contribution in [0.5, 0.6) is 0 Å². The topological polar surface area (TPSA) is 66.5 Å². The molecule has 2 aromatic rings. The van der Waals surface area contributed by atoms with Gasteiger partial charge in [0.05, 0.1) is 4.90 Å². The van der Waals surface area contributed by atoms with Gasteiger partial charge < -0.3 is 5.32 Å². The van der Waals surface area contributed by atoms with E-state index < -0.39 is 10.0 Å². The molecule has 0 radical (unpaired) electrons. The molecule has 1 atom stereocenters. The lowest BCUT2D eigenvalue weighted by atomic mass is 10.1. The number of sulfonamides is 1. The second kappa shape index (κ2) is 8.63. The van der Waals surface area contributed by atoms with Crippen LogP contribution in [0.3, 0.4) is 0 Å². The van der Waals surface area contributed by atoms with Crippen molar-refractivity contribution in [3.63, 3.8) is 0 Å². The van der Waals surface area contributed by atoms with Crippen LogP contribution >= 0.6 is 0 Å². The SMILES string of the molecule is Cc1cc(CNC(=O)c2cc(S(=O)(=O)N3CCCC[C@H]3C)ccc2C)ccc1F.